The van der Waals surface area contributed by atoms with E-state index >= 15 is 0 Å². The Morgan fingerprint density at radius 1 is 1.32 bits per heavy atom. The average Bonchev–Trinajstić information content (AvgIpc) is 2.92. The topological polar surface area (TPSA) is 76.7 Å². The summed E-state index contributed by atoms with van der Waals surface area (Å²) in [7, 11) is 0. The molecule has 0 bridgehead atoms. The van der Waals surface area contributed by atoms with Crippen molar-refractivity contribution in [2.45, 2.75) is 6.54 Å². The van der Waals surface area contributed by atoms with Crippen molar-refractivity contribution in [3.8, 4) is 5.69 Å². The van der Waals surface area contributed by atoms with E-state index in [4.69, 9.17) is 5.73 Å². The molecule has 0 atom stereocenters. The Hall–Kier alpha value is -2.11. The monoisotopic (exact) mass is 276 g/mol. The second-order valence-corrected chi connectivity index (χ2v) is 4.04. The second-order valence-electron chi connectivity index (χ2n) is 4.04. The lowest BCUT2D eigenvalue weighted by Crippen LogP contribution is -2.09. The van der Waals surface area contributed by atoms with Crippen molar-refractivity contribution < 1.29 is 0 Å². The van der Waals surface area contributed by atoms with Gasteiger partial charge in [-0.2, -0.15) is 5.10 Å². The molecule has 3 N–H and O–H groups in total. The highest BCUT2D eigenvalue weighted by atomic mass is 35.5. The predicted octanol–water partition coefficient (Wildman–Crippen LogP) is 1.59. The highest BCUT2D eigenvalue weighted by Gasteiger charge is 2.04. The summed E-state index contributed by atoms with van der Waals surface area (Å²) in [6.07, 6.45) is 3.54. The van der Waals surface area contributed by atoms with Crippen LogP contribution < -0.4 is 11.2 Å². The number of nitrogens with one attached hydrogen (secondary N) is 1. The van der Waals surface area contributed by atoms with E-state index in [1.54, 1.807) is 10.9 Å². The minimum Gasteiger partial charge on any atom is -0.357 e. The van der Waals surface area contributed by atoms with E-state index in [-0.39, 0.29) is 17.8 Å². The Bertz CT molecular complexity index is 749. The molecule has 2 heterocycles. The number of nitrogens with two attached hydrogens (primary N) is 1. The number of halogens is 1. The molecule has 0 saturated carbocycles. The van der Waals surface area contributed by atoms with Gasteiger partial charge in [0.15, 0.2) is 5.43 Å². The summed E-state index contributed by atoms with van der Waals surface area (Å²) >= 11 is 0. The number of aromatic nitrogens is 3. The Morgan fingerprint density at radius 2 is 2.16 bits per heavy atom. The van der Waals surface area contributed by atoms with Gasteiger partial charge in [0.2, 0.25) is 0 Å². The van der Waals surface area contributed by atoms with Crippen molar-refractivity contribution in [2.75, 3.05) is 0 Å². The number of rotatable bonds is 2. The first-order valence-electron chi connectivity index (χ1n) is 5.64. The summed E-state index contributed by atoms with van der Waals surface area (Å²) in [6, 6.07) is 8.97. The number of fused-ring (bicyclic) bond motifs is 1. The molecule has 0 spiro atoms. The van der Waals surface area contributed by atoms with Crippen LogP contribution in [0.15, 0.2) is 47.5 Å². The van der Waals surface area contributed by atoms with Crippen LogP contribution in [0.25, 0.3) is 16.6 Å². The molecule has 98 valence electrons. The first-order chi connectivity index (χ1) is 8.78. The summed E-state index contributed by atoms with van der Waals surface area (Å²) in [5.41, 5.74) is 7.89. The molecular weight excluding hydrogens is 264 g/mol. The molecule has 3 rings (SSSR count). The maximum atomic E-state index is 12.0. The molecule has 19 heavy (non-hydrogen) atoms. The van der Waals surface area contributed by atoms with Crippen LogP contribution in [0.5, 0.6) is 0 Å². The summed E-state index contributed by atoms with van der Waals surface area (Å²) in [5.74, 6) is 0. The molecule has 0 fully saturated rings. The van der Waals surface area contributed by atoms with Crippen LogP contribution in [-0.2, 0) is 6.54 Å². The lowest BCUT2D eigenvalue weighted by atomic mass is 10.1. The van der Waals surface area contributed by atoms with Crippen LogP contribution in [0, 0.1) is 0 Å². The molecule has 0 amide bonds. The minimum absolute atomic E-state index is 0. The van der Waals surface area contributed by atoms with E-state index in [9.17, 15) is 4.79 Å². The van der Waals surface area contributed by atoms with Crippen molar-refractivity contribution in [1.29, 1.82) is 0 Å². The second kappa shape index (κ2) is 5.26. The van der Waals surface area contributed by atoms with Crippen LogP contribution in [-0.4, -0.2) is 14.8 Å². The molecule has 0 aliphatic heterocycles. The Morgan fingerprint density at radius 3 is 2.84 bits per heavy atom. The van der Waals surface area contributed by atoms with Gasteiger partial charge >= 0.3 is 0 Å². The molecule has 0 radical (unpaired) electrons. The van der Waals surface area contributed by atoms with E-state index in [2.05, 4.69) is 10.1 Å². The van der Waals surface area contributed by atoms with Gasteiger partial charge in [-0.15, -0.1) is 12.4 Å². The van der Waals surface area contributed by atoms with Gasteiger partial charge in [-0.1, -0.05) is 0 Å². The predicted molar refractivity (Wildman–Crippen MR) is 76.8 cm³/mol. The molecule has 0 unspecified atom stereocenters. The Kier molecular flexibility index (Phi) is 3.69. The number of pyridine rings is 1. The Balaban J connectivity index is 0.00000133. The van der Waals surface area contributed by atoms with Gasteiger partial charge in [-0.25, -0.2) is 4.68 Å². The van der Waals surface area contributed by atoms with Gasteiger partial charge in [0.25, 0.3) is 0 Å². The molecule has 0 saturated heterocycles. The molecule has 5 nitrogen and oxygen atoms in total. The van der Waals surface area contributed by atoms with E-state index in [0.29, 0.717) is 11.9 Å². The van der Waals surface area contributed by atoms with Crippen LogP contribution in [0.4, 0.5) is 0 Å². The quantitative estimate of drug-likeness (QED) is 0.746. The summed E-state index contributed by atoms with van der Waals surface area (Å²) < 4.78 is 1.72. The fourth-order valence-corrected chi connectivity index (χ4v) is 1.96. The zero-order valence-electron chi connectivity index (χ0n) is 10.0. The van der Waals surface area contributed by atoms with Crippen molar-refractivity contribution in [3.63, 3.8) is 0 Å². The maximum absolute atomic E-state index is 12.0. The maximum Gasteiger partial charge on any atom is 0.189 e. The standard InChI is InChI=1S/C13H12N4O.ClH/c14-8-9-6-13(18)11-7-10(2-3-12(11)16-9)17-5-1-4-15-17;/h1-7H,8,14H2,(H,16,18);1H. The van der Waals surface area contributed by atoms with Crippen molar-refractivity contribution in [2.24, 2.45) is 5.73 Å². The largest absolute Gasteiger partial charge is 0.357 e. The third-order valence-electron chi connectivity index (χ3n) is 2.86. The number of benzene rings is 1. The Labute approximate surface area is 115 Å². The first kappa shape index (κ1) is 13.3. The fourth-order valence-electron chi connectivity index (χ4n) is 1.96. The highest BCUT2D eigenvalue weighted by molar-refractivity contribution is 5.85. The van der Waals surface area contributed by atoms with Gasteiger partial charge < -0.3 is 10.7 Å². The lowest BCUT2D eigenvalue weighted by molar-refractivity contribution is 0.881. The van der Waals surface area contributed by atoms with Crippen molar-refractivity contribution in [3.05, 3.63) is 58.6 Å². The summed E-state index contributed by atoms with van der Waals surface area (Å²) in [4.78, 5) is 15.1. The molecule has 3 aromatic rings. The van der Waals surface area contributed by atoms with Crippen molar-refractivity contribution >= 4 is 23.3 Å². The highest BCUT2D eigenvalue weighted by Crippen LogP contribution is 2.14. The normalized spacial score (nSPS) is 10.4. The number of H-pyrrole nitrogens is 1. The molecular formula is C13H13ClN4O. The van der Waals surface area contributed by atoms with Gasteiger partial charge in [0.05, 0.1) is 5.69 Å². The van der Waals surface area contributed by atoms with E-state index in [1.807, 2.05) is 30.5 Å². The van der Waals surface area contributed by atoms with E-state index < -0.39 is 0 Å². The number of aromatic amines is 1. The van der Waals surface area contributed by atoms with E-state index in [0.717, 1.165) is 16.9 Å². The number of nitrogens with zero attached hydrogens (tertiary/aromatic N) is 2. The minimum atomic E-state index is -0.0294. The van der Waals surface area contributed by atoms with Crippen LogP contribution in [0.1, 0.15) is 5.69 Å². The summed E-state index contributed by atoms with van der Waals surface area (Å²) in [6.45, 7) is 0.325. The molecule has 2 aromatic heterocycles. The number of hydrogen-bond acceptors (Lipinski definition) is 3. The smallest absolute Gasteiger partial charge is 0.189 e. The first-order valence-corrected chi connectivity index (χ1v) is 5.64. The lowest BCUT2D eigenvalue weighted by Gasteiger charge is -2.05. The fraction of sp³-hybridized carbons (Fsp3) is 0.0769. The van der Waals surface area contributed by atoms with Crippen LogP contribution >= 0.6 is 12.4 Å². The summed E-state index contributed by atoms with van der Waals surface area (Å²) in [5, 5.41) is 4.78. The average molecular weight is 277 g/mol. The molecule has 0 aliphatic carbocycles. The van der Waals surface area contributed by atoms with E-state index in [1.165, 1.54) is 6.07 Å². The number of hydrogen-bond donors (Lipinski definition) is 2. The van der Waals surface area contributed by atoms with Gasteiger partial charge in [-0.3, -0.25) is 4.79 Å². The molecule has 0 aliphatic rings. The third kappa shape index (κ3) is 2.38. The SMILES string of the molecule is Cl.NCc1cc(=O)c2cc(-n3cccn3)ccc2[nH]1. The van der Waals surface area contributed by atoms with Gasteiger partial charge in [0, 0.05) is 41.6 Å². The van der Waals surface area contributed by atoms with Crippen LogP contribution in [0.2, 0.25) is 0 Å². The molecule has 6 heteroatoms. The third-order valence-corrected chi connectivity index (χ3v) is 2.86. The van der Waals surface area contributed by atoms with Crippen molar-refractivity contribution in [1.82, 2.24) is 14.8 Å². The zero-order valence-corrected chi connectivity index (χ0v) is 10.9. The molecule has 1 aromatic carbocycles. The van der Waals surface area contributed by atoms with Gasteiger partial charge in [-0.05, 0) is 24.3 Å². The van der Waals surface area contributed by atoms with Gasteiger partial charge in [0.1, 0.15) is 0 Å². The zero-order chi connectivity index (χ0) is 12.5. The van der Waals surface area contributed by atoms with Crippen LogP contribution in [0.3, 0.4) is 0 Å².